The number of nitrogens with zero attached hydrogens (tertiary/aromatic N) is 1. The van der Waals surface area contributed by atoms with E-state index in [2.05, 4.69) is 62.4 Å². The van der Waals surface area contributed by atoms with Crippen LogP contribution in [-0.2, 0) is 11.2 Å². The molecule has 2 N–H and O–H groups in total. The van der Waals surface area contributed by atoms with Gasteiger partial charge in [0, 0.05) is 48.3 Å². The van der Waals surface area contributed by atoms with Crippen LogP contribution in [0, 0.1) is 18.3 Å². The van der Waals surface area contributed by atoms with E-state index in [0.717, 1.165) is 32.0 Å². The van der Waals surface area contributed by atoms with Crippen molar-refractivity contribution >= 4 is 41.3 Å². The molecular weight excluding hydrogens is 457 g/mol. The van der Waals surface area contributed by atoms with E-state index in [1.54, 1.807) is 0 Å². The van der Waals surface area contributed by atoms with Gasteiger partial charge in [0.2, 0.25) is 0 Å². The number of aryl methyl sites for hydroxylation is 1. The highest BCUT2D eigenvalue weighted by Gasteiger charge is 2.35. The van der Waals surface area contributed by atoms with Crippen LogP contribution in [0.3, 0.4) is 0 Å². The van der Waals surface area contributed by atoms with Gasteiger partial charge in [0.25, 0.3) is 0 Å². The van der Waals surface area contributed by atoms with E-state index >= 15 is 0 Å². The normalized spacial score (nSPS) is 22.5. The van der Waals surface area contributed by atoms with E-state index < -0.39 is 0 Å². The first-order valence-electron chi connectivity index (χ1n) is 9.43. The lowest BCUT2D eigenvalue weighted by Crippen LogP contribution is -2.49. The largest absolute Gasteiger partial charge is 0.377 e. The number of guanidine groups is 1. The molecule has 1 aromatic rings. The summed E-state index contributed by atoms with van der Waals surface area (Å²) in [5, 5.41) is 7.05. The molecule has 26 heavy (non-hydrogen) atoms. The standard InChI is InChI=1S/C20H35N3OS.HI/c1-14(12-17-10-9-15(2)25-17)23-19(21-6)22-13-16-8-7-11-24-18(16)20(3,4)5;/h9-10,14,16,18H,7-8,11-13H2,1-6H3,(H2,21,22,23);1H. The zero-order valence-corrected chi connectivity index (χ0v) is 20.2. The van der Waals surface area contributed by atoms with Crippen LogP contribution in [0.2, 0.25) is 0 Å². The maximum Gasteiger partial charge on any atom is 0.191 e. The second kappa shape index (κ2) is 10.9. The summed E-state index contributed by atoms with van der Waals surface area (Å²) < 4.78 is 6.08. The quantitative estimate of drug-likeness (QED) is 0.358. The molecule has 0 saturated carbocycles. The molecule has 3 unspecified atom stereocenters. The van der Waals surface area contributed by atoms with Gasteiger partial charge in [0.05, 0.1) is 6.10 Å². The molecule has 4 nitrogen and oxygen atoms in total. The van der Waals surface area contributed by atoms with Crippen molar-refractivity contribution in [1.29, 1.82) is 0 Å². The zero-order valence-electron chi connectivity index (χ0n) is 17.1. The van der Waals surface area contributed by atoms with Gasteiger partial charge in [0.1, 0.15) is 0 Å². The lowest BCUT2D eigenvalue weighted by Gasteiger charge is -2.40. The Hall–Kier alpha value is -0.340. The first-order valence-corrected chi connectivity index (χ1v) is 10.3. The van der Waals surface area contributed by atoms with E-state index in [1.807, 2.05) is 18.4 Å². The summed E-state index contributed by atoms with van der Waals surface area (Å²) >= 11 is 1.87. The third-order valence-electron chi connectivity index (χ3n) is 4.74. The number of rotatable bonds is 5. The third kappa shape index (κ3) is 7.35. The van der Waals surface area contributed by atoms with Gasteiger partial charge in [-0.3, -0.25) is 4.99 Å². The van der Waals surface area contributed by atoms with Gasteiger partial charge in [-0.15, -0.1) is 35.3 Å². The number of ether oxygens (including phenoxy) is 1. The topological polar surface area (TPSA) is 45.7 Å². The molecule has 0 amide bonds. The average molecular weight is 493 g/mol. The second-order valence-corrected chi connectivity index (χ2v) is 9.65. The minimum absolute atomic E-state index is 0. The van der Waals surface area contributed by atoms with E-state index in [9.17, 15) is 0 Å². The molecule has 1 aliphatic rings. The van der Waals surface area contributed by atoms with E-state index in [4.69, 9.17) is 4.74 Å². The fraction of sp³-hybridized carbons (Fsp3) is 0.750. The first kappa shape index (κ1) is 23.7. The van der Waals surface area contributed by atoms with Crippen molar-refractivity contribution in [2.75, 3.05) is 20.2 Å². The fourth-order valence-corrected chi connectivity index (χ4v) is 4.63. The monoisotopic (exact) mass is 493 g/mol. The number of hydrogen-bond acceptors (Lipinski definition) is 3. The Bertz CT molecular complexity index is 568. The summed E-state index contributed by atoms with van der Waals surface area (Å²) in [5.41, 5.74) is 0.175. The van der Waals surface area contributed by atoms with Gasteiger partial charge >= 0.3 is 0 Å². The molecule has 0 aromatic carbocycles. The fourth-order valence-electron chi connectivity index (χ4n) is 3.61. The molecule has 150 valence electrons. The summed E-state index contributed by atoms with van der Waals surface area (Å²) in [4.78, 5) is 7.19. The van der Waals surface area contributed by atoms with Gasteiger partial charge < -0.3 is 15.4 Å². The Morgan fingerprint density at radius 2 is 2.12 bits per heavy atom. The summed E-state index contributed by atoms with van der Waals surface area (Å²) in [6, 6.07) is 4.77. The second-order valence-electron chi connectivity index (χ2n) is 8.27. The van der Waals surface area contributed by atoms with Crippen LogP contribution in [-0.4, -0.2) is 38.3 Å². The molecule has 6 heteroatoms. The van der Waals surface area contributed by atoms with Crippen molar-refractivity contribution < 1.29 is 4.74 Å². The summed E-state index contributed by atoms with van der Waals surface area (Å²) in [6.45, 7) is 13.0. The van der Waals surface area contributed by atoms with Gasteiger partial charge in [-0.2, -0.15) is 0 Å². The molecule has 3 atom stereocenters. The van der Waals surface area contributed by atoms with Crippen molar-refractivity contribution in [3.05, 3.63) is 21.9 Å². The molecule has 0 aliphatic carbocycles. The predicted octanol–water partition coefficient (Wildman–Crippen LogP) is 4.61. The first-order chi connectivity index (χ1) is 11.8. The van der Waals surface area contributed by atoms with Crippen LogP contribution in [0.1, 0.15) is 50.3 Å². The SMILES string of the molecule is CN=C(NCC1CCCOC1C(C)(C)C)NC(C)Cc1ccc(C)s1.I. The number of thiophene rings is 1. The highest BCUT2D eigenvalue weighted by atomic mass is 127. The maximum absolute atomic E-state index is 6.08. The van der Waals surface area contributed by atoms with Crippen LogP contribution in [0.4, 0.5) is 0 Å². The van der Waals surface area contributed by atoms with Crippen LogP contribution >= 0.6 is 35.3 Å². The van der Waals surface area contributed by atoms with Crippen LogP contribution < -0.4 is 10.6 Å². The van der Waals surface area contributed by atoms with Crippen LogP contribution in [0.5, 0.6) is 0 Å². The molecule has 0 radical (unpaired) electrons. The molecule has 0 spiro atoms. The third-order valence-corrected chi connectivity index (χ3v) is 5.76. The number of hydrogen-bond donors (Lipinski definition) is 2. The Labute approximate surface area is 180 Å². The van der Waals surface area contributed by atoms with Crippen LogP contribution in [0.25, 0.3) is 0 Å². The maximum atomic E-state index is 6.08. The van der Waals surface area contributed by atoms with Crippen LogP contribution in [0.15, 0.2) is 17.1 Å². The van der Waals surface area contributed by atoms with Gasteiger partial charge in [-0.25, -0.2) is 0 Å². The molecule has 2 heterocycles. The van der Waals surface area contributed by atoms with Crippen molar-refractivity contribution in [1.82, 2.24) is 10.6 Å². The lowest BCUT2D eigenvalue weighted by molar-refractivity contribution is -0.0835. The minimum Gasteiger partial charge on any atom is -0.377 e. The zero-order chi connectivity index (χ0) is 18.4. The molecule has 2 rings (SSSR count). The number of nitrogens with one attached hydrogen (secondary N) is 2. The molecular formula is C20H36IN3OS. The summed E-state index contributed by atoms with van der Waals surface area (Å²) in [5.74, 6) is 1.42. The number of halogens is 1. The molecule has 1 saturated heterocycles. The molecule has 0 bridgehead atoms. The molecule has 1 fully saturated rings. The van der Waals surface area contributed by atoms with Crippen molar-refractivity contribution in [3.8, 4) is 0 Å². The Balaban J connectivity index is 0.00000338. The minimum atomic E-state index is 0. The van der Waals surface area contributed by atoms with Gasteiger partial charge in [-0.1, -0.05) is 20.8 Å². The molecule has 1 aliphatic heterocycles. The summed E-state index contributed by atoms with van der Waals surface area (Å²) in [6.07, 6.45) is 3.70. The van der Waals surface area contributed by atoms with Crippen molar-refractivity contribution in [2.24, 2.45) is 16.3 Å². The smallest absolute Gasteiger partial charge is 0.191 e. The Morgan fingerprint density at radius 1 is 1.38 bits per heavy atom. The molecule has 1 aromatic heterocycles. The van der Waals surface area contributed by atoms with Crippen molar-refractivity contribution in [2.45, 2.75) is 66.0 Å². The van der Waals surface area contributed by atoms with Crippen molar-refractivity contribution in [3.63, 3.8) is 0 Å². The van der Waals surface area contributed by atoms with E-state index in [0.29, 0.717) is 18.1 Å². The summed E-state index contributed by atoms with van der Waals surface area (Å²) in [7, 11) is 1.84. The van der Waals surface area contributed by atoms with Gasteiger partial charge in [0.15, 0.2) is 5.96 Å². The van der Waals surface area contributed by atoms with Gasteiger partial charge in [-0.05, 0) is 44.2 Å². The van der Waals surface area contributed by atoms with E-state index in [-0.39, 0.29) is 29.4 Å². The lowest BCUT2D eigenvalue weighted by atomic mass is 9.78. The Morgan fingerprint density at radius 3 is 2.69 bits per heavy atom. The highest BCUT2D eigenvalue weighted by molar-refractivity contribution is 14.0. The van der Waals surface area contributed by atoms with E-state index in [1.165, 1.54) is 16.2 Å². The predicted molar refractivity (Wildman–Crippen MR) is 124 cm³/mol. The number of aliphatic imine (C=N–C) groups is 1. The highest BCUT2D eigenvalue weighted by Crippen LogP contribution is 2.33. The Kier molecular flexibility index (Phi) is 9.90. The average Bonchev–Trinajstić information content (AvgIpc) is 2.95.